The van der Waals surface area contributed by atoms with Crippen LogP contribution in [0.25, 0.3) is 0 Å². The van der Waals surface area contributed by atoms with E-state index in [2.05, 4.69) is 24.8 Å². The maximum atomic E-state index is 9.04. The molecule has 0 N–H and O–H groups in total. The molecule has 1 aliphatic carbocycles. The fourth-order valence-corrected chi connectivity index (χ4v) is 2.41. The molecular weight excluding hydrogens is 184 g/mol. The van der Waals surface area contributed by atoms with E-state index in [1.165, 1.54) is 32.1 Å². The maximum absolute atomic E-state index is 9.04. The summed E-state index contributed by atoms with van der Waals surface area (Å²) in [4.78, 5) is 2.42. The van der Waals surface area contributed by atoms with E-state index in [-0.39, 0.29) is 6.04 Å². The summed E-state index contributed by atoms with van der Waals surface area (Å²) in [5.74, 6) is 0.736. The summed E-state index contributed by atoms with van der Waals surface area (Å²) in [5.41, 5.74) is 0. The smallest absolute Gasteiger partial charge is 0.0951 e. The normalized spacial score (nSPS) is 19.7. The topological polar surface area (TPSA) is 27.0 Å². The summed E-state index contributed by atoms with van der Waals surface area (Å²) in [6, 6.07) is 3.16. The van der Waals surface area contributed by atoms with E-state index in [0.717, 1.165) is 12.5 Å². The lowest BCUT2D eigenvalue weighted by Crippen LogP contribution is -2.40. The van der Waals surface area contributed by atoms with Crippen LogP contribution in [0.5, 0.6) is 0 Å². The lowest BCUT2D eigenvalue weighted by Gasteiger charge is -2.31. The minimum atomic E-state index is 0.0897. The van der Waals surface area contributed by atoms with E-state index in [0.29, 0.717) is 6.04 Å². The van der Waals surface area contributed by atoms with E-state index in [4.69, 9.17) is 5.26 Å². The lowest BCUT2D eigenvalue weighted by molar-refractivity contribution is 0.165. The summed E-state index contributed by atoms with van der Waals surface area (Å²) in [5, 5.41) is 9.04. The van der Waals surface area contributed by atoms with Gasteiger partial charge in [0.15, 0.2) is 0 Å². The Balaban J connectivity index is 2.49. The van der Waals surface area contributed by atoms with Crippen LogP contribution >= 0.6 is 0 Å². The molecule has 2 heteroatoms. The van der Waals surface area contributed by atoms with Gasteiger partial charge < -0.3 is 0 Å². The monoisotopic (exact) mass is 208 g/mol. The molecule has 0 aliphatic heterocycles. The van der Waals surface area contributed by atoms with Crippen molar-refractivity contribution in [3.63, 3.8) is 0 Å². The molecule has 0 saturated heterocycles. The maximum Gasteiger partial charge on any atom is 0.0951 e. The standard InChI is InChI=1S/C13H24N2/c1-11(2)8-9-15(12(3)10-14)13-6-4-5-7-13/h11-13H,4-9H2,1-3H3. The number of hydrogen-bond donors (Lipinski definition) is 0. The first-order valence-corrected chi connectivity index (χ1v) is 6.30. The number of nitriles is 1. The van der Waals surface area contributed by atoms with Gasteiger partial charge in [0, 0.05) is 6.04 Å². The van der Waals surface area contributed by atoms with Gasteiger partial charge in [-0.05, 0) is 38.6 Å². The van der Waals surface area contributed by atoms with E-state index < -0.39 is 0 Å². The SMILES string of the molecule is CC(C)CCN(C(C)C#N)C1CCCC1. The van der Waals surface area contributed by atoms with Crippen molar-refractivity contribution in [3.05, 3.63) is 0 Å². The third-order valence-corrected chi connectivity index (χ3v) is 3.44. The Morgan fingerprint density at radius 3 is 2.33 bits per heavy atom. The van der Waals surface area contributed by atoms with Crippen molar-refractivity contribution in [3.8, 4) is 6.07 Å². The van der Waals surface area contributed by atoms with Gasteiger partial charge in [-0.1, -0.05) is 26.7 Å². The van der Waals surface area contributed by atoms with Crippen molar-refractivity contribution < 1.29 is 0 Å². The van der Waals surface area contributed by atoms with E-state index in [1.807, 2.05) is 6.92 Å². The fourth-order valence-electron chi connectivity index (χ4n) is 2.41. The van der Waals surface area contributed by atoms with Gasteiger partial charge in [-0.25, -0.2) is 0 Å². The van der Waals surface area contributed by atoms with Crippen LogP contribution in [0.3, 0.4) is 0 Å². The number of hydrogen-bond acceptors (Lipinski definition) is 2. The van der Waals surface area contributed by atoms with Crippen molar-refractivity contribution in [2.75, 3.05) is 6.54 Å². The summed E-state index contributed by atoms with van der Waals surface area (Å²) < 4.78 is 0. The molecule has 0 radical (unpaired) electrons. The second-order valence-electron chi connectivity index (χ2n) is 5.16. The average Bonchev–Trinajstić information content (AvgIpc) is 2.70. The van der Waals surface area contributed by atoms with Crippen molar-refractivity contribution >= 4 is 0 Å². The van der Waals surface area contributed by atoms with Crippen LogP contribution in [0.15, 0.2) is 0 Å². The Labute approximate surface area is 94.3 Å². The van der Waals surface area contributed by atoms with Crippen LogP contribution in [0.1, 0.15) is 52.9 Å². The highest BCUT2D eigenvalue weighted by Crippen LogP contribution is 2.25. The summed E-state index contributed by atoms with van der Waals surface area (Å²) in [6.45, 7) is 7.64. The van der Waals surface area contributed by atoms with Gasteiger partial charge in [-0.15, -0.1) is 0 Å². The lowest BCUT2D eigenvalue weighted by atomic mass is 10.1. The van der Waals surface area contributed by atoms with Crippen LogP contribution in [0.2, 0.25) is 0 Å². The van der Waals surface area contributed by atoms with E-state index in [1.54, 1.807) is 0 Å². The molecule has 0 heterocycles. The predicted octanol–water partition coefficient (Wildman–Crippen LogP) is 3.19. The summed E-state index contributed by atoms with van der Waals surface area (Å²) in [7, 11) is 0. The Hall–Kier alpha value is -0.550. The van der Waals surface area contributed by atoms with Gasteiger partial charge in [-0.2, -0.15) is 5.26 Å². The Kier molecular flexibility index (Phi) is 5.11. The highest BCUT2D eigenvalue weighted by molar-refractivity contribution is 4.92. The molecule has 0 aromatic heterocycles. The van der Waals surface area contributed by atoms with Crippen molar-refractivity contribution in [1.82, 2.24) is 4.90 Å². The Bertz CT molecular complexity index is 211. The molecule has 0 aromatic rings. The molecule has 0 aromatic carbocycles. The molecule has 1 saturated carbocycles. The fraction of sp³-hybridized carbons (Fsp3) is 0.923. The van der Waals surface area contributed by atoms with Gasteiger partial charge in [0.2, 0.25) is 0 Å². The molecule has 1 rings (SSSR count). The molecule has 2 nitrogen and oxygen atoms in total. The minimum absolute atomic E-state index is 0.0897. The molecular formula is C13H24N2. The van der Waals surface area contributed by atoms with Gasteiger partial charge in [0.05, 0.1) is 12.1 Å². The van der Waals surface area contributed by atoms with Crippen LogP contribution in [0, 0.1) is 17.2 Å². The molecule has 15 heavy (non-hydrogen) atoms. The Morgan fingerprint density at radius 2 is 1.87 bits per heavy atom. The molecule has 0 bridgehead atoms. The zero-order valence-corrected chi connectivity index (χ0v) is 10.4. The number of nitrogens with zero attached hydrogens (tertiary/aromatic N) is 2. The highest BCUT2D eigenvalue weighted by atomic mass is 15.2. The minimum Gasteiger partial charge on any atom is -0.285 e. The van der Waals surface area contributed by atoms with Crippen molar-refractivity contribution in [2.45, 2.75) is 65.0 Å². The van der Waals surface area contributed by atoms with Gasteiger partial charge in [0.25, 0.3) is 0 Å². The quantitative estimate of drug-likeness (QED) is 0.694. The molecule has 0 amide bonds. The van der Waals surface area contributed by atoms with Crippen LogP contribution in [-0.4, -0.2) is 23.5 Å². The van der Waals surface area contributed by atoms with Crippen LogP contribution in [0.4, 0.5) is 0 Å². The molecule has 1 aliphatic rings. The molecule has 1 atom stereocenters. The largest absolute Gasteiger partial charge is 0.285 e. The van der Waals surface area contributed by atoms with Crippen LogP contribution < -0.4 is 0 Å². The average molecular weight is 208 g/mol. The van der Waals surface area contributed by atoms with E-state index >= 15 is 0 Å². The predicted molar refractivity (Wildman–Crippen MR) is 63.5 cm³/mol. The second-order valence-corrected chi connectivity index (χ2v) is 5.16. The molecule has 0 spiro atoms. The number of rotatable bonds is 5. The summed E-state index contributed by atoms with van der Waals surface area (Å²) in [6.07, 6.45) is 6.50. The second kappa shape index (κ2) is 6.12. The first kappa shape index (κ1) is 12.5. The van der Waals surface area contributed by atoms with Crippen LogP contribution in [-0.2, 0) is 0 Å². The first-order valence-electron chi connectivity index (χ1n) is 6.30. The summed E-state index contributed by atoms with van der Waals surface area (Å²) >= 11 is 0. The van der Waals surface area contributed by atoms with Gasteiger partial charge in [-0.3, -0.25) is 4.90 Å². The first-order chi connectivity index (χ1) is 7.15. The molecule has 1 fully saturated rings. The van der Waals surface area contributed by atoms with E-state index in [9.17, 15) is 0 Å². The zero-order chi connectivity index (χ0) is 11.3. The molecule has 1 unspecified atom stereocenters. The third-order valence-electron chi connectivity index (χ3n) is 3.44. The van der Waals surface area contributed by atoms with Gasteiger partial charge in [0.1, 0.15) is 0 Å². The molecule has 86 valence electrons. The van der Waals surface area contributed by atoms with Crippen molar-refractivity contribution in [2.24, 2.45) is 5.92 Å². The van der Waals surface area contributed by atoms with Crippen molar-refractivity contribution in [1.29, 1.82) is 5.26 Å². The highest BCUT2D eigenvalue weighted by Gasteiger charge is 2.25. The zero-order valence-electron chi connectivity index (χ0n) is 10.4. The Morgan fingerprint density at radius 1 is 1.27 bits per heavy atom. The third kappa shape index (κ3) is 3.83. The van der Waals surface area contributed by atoms with Gasteiger partial charge >= 0.3 is 0 Å².